The SMILES string of the molecule is CC(C(=O)O)C1CC[C@H](C)C1C(=O)O. The van der Waals surface area contributed by atoms with Gasteiger partial charge in [-0.15, -0.1) is 0 Å². The molecule has 0 spiro atoms. The van der Waals surface area contributed by atoms with E-state index in [0.717, 1.165) is 6.42 Å². The molecule has 1 rings (SSSR count). The van der Waals surface area contributed by atoms with E-state index >= 15 is 0 Å². The quantitative estimate of drug-likeness (QED) is 0.723. The van der Waals surface area contributed by atoms with E-state index in [9.17, 15) is 9.59 Å². The molecule has 0 radical (unpaired) electrons. The van der Waals surface area contributed by atoms with Gasteiger partial charge in [-0.3, -0.25) is 9.59 Å². The van der Waals surface area contributed by atoms with Crippen LogP contribution in [0.5, 0.6) is 0 Å². The molecule has 0 aromatic heterocycles. The lowest BCUT2D eigenvalue weighted by Gasteiger charge is -2.21. The number of carboxylic acids is 2. The third kappa shape index (κ3) is 1.89. The Balaban J connectivity index is 2.79. The van der Waals surface area contributed by atoms with Crippen LogP contribution in [0.1, 0.15) is 26.7 Å². The second-order valence-electron chi connectivity index (χ2n) is 4.21. The van der Waals surface area contributed by atoms with Gasteiger partial charge in [-0.25, -0.2) is 0 Å². The summed E-state index contributed by atoms with van der Waals surface area (Å²) < 4.78 is 0. The summed E-state index contributed by atoms with van der Waals surface area (Å²) in [4.78, 5) is 21.7. The number of carboxylic acid groups (broad SMARTS) is 2. The molecule has 4 heteroatoms. The summed E-state index contributed by atoms with van der Waals surface area (Å²) in [6, 6.07) is 0. The fourth-order valence-electron chi connectivity index (χ4n) is 2.41. The maximum Gasteiger partial charge on any atom is 0.307 e. The number of hydrogen-bond acceptors (Lipinski definition) is 2. The molecule has 14 heavy (non-hydrogen) atoms. The maximum absolute atomic E-state index is 11.0. The van der Waals surface area contributed by atoms with Crippen molar-refractivity contribution in [1.29, 1.82) is 0 Å². The lowest BCUT2D eigenvalue weighted by Crippen LogP contribution is -2.30. The molecule has 1 fully saturated rings. The van der Waals surface area contributed by atoms with Crippen LogP contribution in [-0.2, 0) is 9.59 Å². The third-order valence-corrected chi connectivity index (χ3v) is 3.35. The van der Waals surface area contributed by atoms with Crippen molar-refractivity contribution in [3.63, 3.8) is 0 Å². The molecule has 0 aromatic carbocycles. The van der Waals surface area contributed by atoms with Gasteiger partial charge < -0.3 is 10.2 Å². The summed E-state index contributed by atoms with van der Waals surface area (Å²) in [6.07, 6.45) is 1.53. The molecular formula is C10H16O4. The Hall–Kier alpha value is -1.06. The highest BCUT2D eigenvalue weighted by atomic mass is 16.4. The van der Waals surface area contributed by atoms with Gasteiger partial charge in [0.05, 0.1) is 11.8 Å². The Labute approximate surface area is 82.9 Å². The molecule has 3 unspecified atom stereocenters. The van der Waals surface area contributed by atoms with Gasteiger partial charge in [0.1, 0.15) is 0 Å². The fourth-order valence-corrected chi connectivity index (χ4v) is 2.41. The van der Waals surface area contributed by atoms with Crippen LogP contribution >= 0.6 is 0 Å². The van der Waals surface area contributed by atoms with Crippen molar-refractivity contribution in [1.82, 2.24) is 0 Å². The molecule has 0 heterocycles. The van der Waals surface area contributed by atoms with Crippen LogP contribution in [0.3, 0.4) is 0 Å². The first kappa shape index (κ1) is 11.0. The van der Waals surface area contributed by atoms with Gasteiger partial charge in [-0.05, 0) is 24.7 Å². The number of aliphatic carboxylic acids is 2. The first-order chi connectivity index (χ1) is 6.45. The zero-order chi connectivity index (χ0) is 10.9. The normalized spacial score (nSPS) is 34.0. The van der Waals surface area contributed by atoms with Crippen LogP contribution in [0.15, 0.2) is 0 Å². The summed E-state index contributed by atoms with van der Waals surface area (Å²) in [5.74, 6) is -2.90. The zero-order valence-corrected chi connectivity index (χ0v) is 8.43. The van der Waals surface area contributed by atoms with Crippen LogP contribution in [0.4, 0.5) is 0 Å². The van der Waals surface area contributed by atoms with E-state index in [1.807, 2.05) is 6.92 Å². The van der Waals surface area contributed by atoms with Gasteiger partial charge in [-0.2, -0.15) is 0 Å². The van der Waals surface area contributed by atoms with Gasteiger partial charge in [0.15, 0.2) is 0 Å². The molecule has 1 saturated carbocycles. The number of rotatable bonds is 3. The van der Waals surface area contributed by atoms with Crippen molar-refractivity contribution in [3.8, 4) is 0 Å². The van der Waals surface area contributed by atoms with Crippen LogP contribution in [0.2, 0.25) is 0 Å². The summed E-state index contributed by atoms with van der Waals surface area (Å²) >= 11 is 0. The van der Waals surface area contributed by atoms with Gasteiger partial charge in [0.25, 0.3) is 0 Å². The van der Waals surface area contributed by atoms with E-state index in [0.29, 0.717) is 6.42 Å². The molecule has 2 N–H and O–H groups in total. The smallest absolute Gasteiger partial charge is 0.307 e. The molecule has 80 valence electrons. The van der Waals surface area contributed by atoms with Crippen molar-refractivity contribution in [2.24, 2.45) is 23.7 Å². The predicted molar refractivity (Wildman–Crippen MR) is 49.8 cm³/mol. The first-order valence-electron chi connectivity index (χ1n) is 4.90. The Kier molecular flexibility index (Phi) is 3.13. The highest BCUT2D eigenvalue weighted by molar-refractivity contribution is 5.75. The molecule has 4 nitrogen and oxygen atoms in total. The summed E-state index contributed by atoms with van der Waals surface area (Å²) in [6.45, 7) is 3.48. The van der Waals surface area contributed by atoms with E-state index in [1.54, 1.807) is 6.92 Å². The minimum Gasteiger partial charge on any atom is -0.481 e. The zero-order valence-electron chi connectivity index (χ0n) is 8.43. The highest BCUT2D eigenvalue weighted by Crippen LogP contribution is 2.41. The van der Waals surface area contributed by atoms with Gasteiger partial charge in [0, 0.05) is 0 Å². The average molecular weight is 200 g/mol. The first-order valence-corrected chi connectivity index (χ1v) is 4.90. The predicted octanol–water partition coefficient (Wildman–Crippen LogP) is 1.45. The molecule has 0 aliphatic heterocycles. The van der Waals surface area contributed by atoms with E-state index in [-0.39, 0.29) is 11.8 Å². The Morgan fingerprint density at radius 2 is 1.86 bits per heavy atom. The molecule has 0 bridgehead atoms. The third-order valence-electron chi connectivity index (χ3n) is 3.35. The van der Waals surface area contributed by atoms with Gasteiger partial charge in [0.2, 0.25) is 0 Å². The second-order valence-corrected chi connectivity index (χ2v) is 4.21. The fraction of sp³-hybridized carbons (Fsp3) is 0.800. The van der Waals surface area contributed by atoms with E-state index in [4.69, 9.17) is 10.2 Å². The molecule has 0 amide bonds. The molecular weight excluding hydrogens is 184 g/mol. The standard InChI is InChI=1S/C10H16O4/c1-5-3-4-7(6(2)9(11)12)8(5)10(13)14/h5-8H,3-4H2,1-2H3,(H,11,12)(H,13,14)/t5-,6?,7?,8?/m0/s1. The van der Waals surface area contributed by atoms with Crippen LogP contribution < -0.4 is 0 Å². The Bertz CT molecular complexity index is 249. The largest absolute Gasteiger partial charge is 0.481 e. The molecule has 4 atom stereocenters. The summed E-state index contributed by atoms with van der Waals surface area (Å²) in [7, 11) is 0. The monoisotopic (exact) mass is 200 g/mol. The molecule has 0 saturated heterocycles. The van der Waals surface area contributed by atoms with Gasteiger partial charge in [-0.1, -0.05) is 13.8 Å². The minimum atomic E-state index is -0.893. The lowest BCUT2D eigenvalue weighted by molar-refractivity contribution is -0.148. The van der Waals surface area contributed by atoms with Crippen molar-refractivity contribution in [3.05, 3.63) is 0 Å². The minimum absolute atomic E-state index is 0.0966. The van der Waals surface area contributed by atoms with Crippen molar-refractivity contribution < 1.29 is 19.8 Å². The molecule has 1 aliphatic carbocycles. The van der Waals surface area contributed by atoms with E-state index < -0.39 is 23.8 Å². The number of hydrogen-bond donors (Lipinski definition) is 2. The summed E-state index contributed by atoms with van der Waals surface area (Å²) in [5, 5.41) is 17.8. The Morgan fingerprint density at radius 3 is 2.29 bits per heavy atom. The maximum atomic E-state index is 11.0. The van der Waals surface area contributed by atoms with Crippen molar-refractivity contribution in [2.75, 3.05) is 0 Å². The summed E-state index contributed by atoms with van der Waals surface area (Å²) in [5.41, 5.74) is 0. The van der Waals surface area contributed by atoms with Gasteiger partial charge >= 0.3 is 11.9 Å². The van der Waals surface area contributed by atoms with Crippen molar-refractivity contribution in [2.45, 2.75) is 26.7 Å². The van der Waals surface area contributed by atoms with Crippen LogP contribution in [-0.4, -0.2) is 22.2 Å². The van der Waals surface area contributed by atoms with E-state index in [2.05, 4.69) is 0 Å². The van der Waals surface area contributed by atoms with E-state index in [1.165, 1.54) is 0 Å². The molecule has 1 aliphatic rings. The molecule has 0 aromatic rings. The highest BCUT2D eigenvalue weighted by Gasteiger charge is 2.43. The van der Waals surface area contributed by atoms with Crippen molar-refractivity contribution >= 4 is 11.9 Å². The second kappa shape index (κ2) is 3.98. The van der Waals surface area contributed by atoms with Crippen LogP contribution in [0.25, 0.3) is 0 Å². The average Bonchev–Trinajstić information content (AvgIpc) is 2.45. The Morgan fingerprint density at radius 1 is 1.29 bits per heavy atom. The number of carbonyl (C=O) groups is 2. The lowest BCUT2D eigenvalue weighted by atomic mass is 9.82. The topological polar surface area (TPSA) is 74.6 Å². The van der Waals surface area contributed by atoms with Crippen LogP contribution in [0, 0.1) is 23.7 Å².